The first-order valence-electron chi connectivity index (χ1n) is 6.47. The average molecular weight is 369 g/mol. The van der Waals surface area contributed by atoms with E-state index in [1.54, 1.807) is 0 Å². The summed E-state index contributed by atoms with van der Waals surface area (Å²) in [6.07, 6.45) is 0. The minimum Gasteiger partial charge on any atom is -0.382 e. The van der Waals surface area contributed by atoms with Gasteiger partial charge in [0.05, 0.1) is 0 Å². The second-order valence-electron chi connectivity index (χ2n) is 4.95. The lowest BCUT2D eigenvalue weighted by Crippen LogP contribution is -2.13. The minimum atomic E-state index is -0.247. The van der Waals surface area contributed by atoms with E-state index in [1.807, 2.05) is 39.0 Å². The molecule has 0 bridgehead atoms. The lowest BCUT2D eigenvalue weighted by molar-refractivity contribution is 0.103. The quantitative estimate of drug-likeness (QED) is 0.764. The van der Waals surface area contributed by atoms with Crippen LogP contribution in [0.4, 0.5) is 16.6 Å². The third-order valence-electron chi connectivity index (χ3n) is 2.72. The average Bonchev–Trinajstić information content (AvgIpc) is 2.74. The third kappa shape index (κ3) is 3.95. The number of nitrogens with one attached hydrogen (secondary N) is 2. The highest BCUT2D eigenvalue weighted by atomic mass is 79.9. The fraction of sp³-hybridized carbons (Fsp3) is 0.286. The Morgan fingerprint density at radius 1 is 1.43 bits per heavy atom. The molecule has 0 atom stereocenters. The summed E-state index contributed by atoms with van der Waals surface area (Å²) in [5.41, 5.74) is 7.56. The fourth-order valence-corrected chi connectivity index (χ4v) is 3.00. The molecule has 112 valence electrons. The van der Waals surface area contributed by atoms with Crippen molar-refractivity contribution in [1.29, 1.82) is 0 Å². The summed E-state index contributed by atoms with van der Waals surface area (Å²) < 4.78 is 0.905. The normalized spacial score (nSPS) is 10.7. The molecular formula is C14H17BrN4OS. The predicted octanol–water partition coefficient (Wildman–Crippen LogP) is 3.87. The Morgan fingerprint density at radius 3 is 2.81 bits per heavy atom. The maximum absolute atomic E-state index is 12.3. The van der Waals surface area contributed by atoms with Crippen molar-refractivity contribution in [2.45, 2.75) is 26.8 Å². The van der Waals surface area contributed by atoms with Gasteiger partial charge in [-0.15, -0.1) is 0 Å². The van der Waals surface area contributed by atoms with Gasteiger partial charge in [-0.05, 0) is 38.5 Å². The van der Waals surface area contributed by atoms with E-state index < -0.39 is 0 Å². The van der Waals surface area contributed by atoms with Crippen LogP contribution >= 0.6 is 27.3 Å². The van der Waals surface area contributed by atoms with Crippen LogP contribution in [-0.4, -0.2) is 16.9 Å². The molecule has 0 fully saturated rings. The van der Waals surface area contributed by atoms with Gasteiger partial charge in [0, 0.05) is 16.2 Å². The monoisotopic (exact) mass is 368 g/mol. The first-order valence-corrected chi connectivity index (χ1v) is 8.08. The molecule has 0 saturated heterocycles. The van der Waals surface area contributed by atoms with E-state index in [2.05, 4.69) is 31.5 Å². The number of anilines is 3. The second-order valence-corrected chi connectivity index (χ2v) is 6.86. The standard InChI is InChI=1S/C14H17BrN4OS/c1-7(2)17-14-19-12(16)11(21-14)13(20)18-10-6-9(15)5-4-8(10)3/h4-7H,16H2,1-3H3,(H,17,19)(H,18,20). The highest BCUT2D eigenvalue weighted by molar-refractivity contribution is 9.10. The summed E-state index contributed by atoms with van der Waals surface area (Å²) >= 11 is 4.65. The van der Waals surface area contributed by atoms with E-state index in [4.69, 9.17) is 5.73 Å². The first kappa shape index (κ1) is 15.8. The van der Waals surface area contributed by atoms with Gasteiger partial charge in [0.15, 0.2) is 5.13 Å². The lowest BCUT2D eigenvalue weighted by Gasteiger charge is -2.08. The number of aromatic nitrogens is 1. The van der Waals surface area contributed by atoms with E-state index >= 15 is 0 Å². The van der Waals surface area contributed by atoms with Gasteiger partial charge in [-0.1, -0.05) is 33.3 Å². The molecule has 5 nitrogen and oxygen atoms in total. The number of hydrogen-bond acceptors (Lipinski definition) is 5. The van der Waals surface area contributed by atoms with Crippen LogP contribution in [0.15, 0.2) is 22.7 Å². The molecule has 1 aromatic carbocycles. The molecule has 1 amide bonds. The molecule has 2 aromatic rings. The van der Waals surface area contributed by atoms with Crippen LogP contribution < -0.4 is 16.4 Å². The summed E-state index contributed by atoms with van der Waals surface area (Å²) in [5, 5.41) is 6.67. The van der Waals surface area contributed by atoms with E-state index in [1.165, 1.54) is 11.3 Å². The maximum Gasteiger partial charge on any atom is 0.269 e. The van der Waals surface area contributed by atoms with Crippen LogP contribution in [0.25, 0.3) is 0 Å². The van der Waals surface area contributed by atoms with Crippen LogP contribution in [0.3, 0.4) is 0 Å². The van der Waals surface area contributed by atoms with Crippen LogP contribution in [0, 0.1) is 6.92 Å². The van der Waals surface area contributed by atoms with E-state index in [0.29, 0.717) is 10.0 Å². The largest absolute Gasteiger partial charge is 0.382 e. The number of nitrogen functional groups attached to an aromatic ring is 1. The topological polar surface area (TPSA) is 80.0 Å². The van der Waals surface area contributed by atoms with Gasteiger partial charge in [-0.2, -0.15) is 0 Å². The fourth-order valence-electron chi connectivity index (χ4n) is 1.71. The molecule has 0 aliphatic heterocycles. The summed E-state index contributed by atoms with van der Waals surface area (Å²) in [7, 11) is 0. The number of rotatable bonds is 4. The lowest BCUT2D eigenvalue weighted by atomic mass is 10.2. The molecule has 0 aliphatic carbocycles. The molecular weight excluding hydrogens is 352 g/mol. The van der Waals surface area contributed by atoms with E-state index in [9.17, 15) is 4.79 Å². The Balaban J connectivity index is 2.20. The third-order valence-corrected chi connectivity index (χ3v) is 4.21. The number of benzene rings is 1. The van der Waals surface area contributed by atoms with Crippen molar-refractivity contribution in [2.75, 3.05) is 16.4 Å². The van der Waals surface area contributed by atoms with Gasteiger partial charge in [0.1, 0.15) is 10.7 Å². The highest BCUT2D eigenvalue weighted by Crippen LogP contribution is 2.27. The number of nitrogens with two attached hydrogens (primary N) is 1. The van der Waals surface area contributed by atoms with Gasteiger partial charge in [-0.25, -0.2) is 4.98 Å². The molecule has 21 heavy (non-hydrogen) atoms. The van der Waals surface area contributed by atoms with Crippen molar-refractivity contribution >= 4 is 49.8 Å². The van der Waals surface area contributed by atoms with E-state index in [0.717, 1.165) is 15.7 Å². The molecule has 2 rings (SSSR count). The molecule has 7 heteroatoms. The molecule has 1 aromatic heterocycles. The zero-order valence-corrected chi connectivity index (χ0v) is 14.4. The van der Waals surface area contributed by atoms with E-state index in [-0.39, 0.29) is 17.8 Å². The Bertz CT molecular complexity index is 669. The Kier molecular flexibility index (Phi) is 4.84. The van der Waals surface area contributed by atoms with Crippen LogP contribution in [0.2, 0.25) is 0 Å². The molecule has 0 radical (unpaired) electrons. The minimum absolute atomic E-state index is 0.235. The summed E-state index contributed by atoms with van der Waals surface area (Å²) in [6.45, 7) is 5.94. The number of amides is 1. The Labute approximate surface area is 136 Å². The number of aryl methyl sites for hydroxylation is 1. The molecule has 0 spiro atoms. The van der Waals surface area contributed by atoms with Crippen LogP contribution in [-0.2, 0) is 0 Å². The van der Waals surface area contributed by atoms with Gasteiger partial charge >= 0.3 is 0 Å². The number of carbonyl (C=O) groups is 1. The van der Waals surface area contributed by atoms with Crippen molar-refractivity contribution in [1.82, 2.24) is 4.98 Å². The van der Waals surface area contributed by atoms with Crippen LogP contribution in [0.5, 0.6) is 0 Å². The highest BCUT2D eigenvalue weighted by Gasteiger charge is 2.17. The van der Waals surface area contributed by atoms with Gasteiger partial charge in [-0.3, -0.25) is 4.79 Å². The molecule has 0 unspecified atom stereocenters. The second kappa shape index (κ2) is 6.44. The van der Waals surface area contributed by atoms with Gasteiger partial charge in [0.25, 0.3) is 5.91 Å². The number of halogens is 1. The van der Waals surface area contributed by atoms with Gasteiger partial charge in [0.2, 0.25) is 0 Å². The van der Waals surface area contributed by atoms with Crippen molar-refractivity contribution in [2.24, 2.45) is 0 Å². The smallest absolute Gasteiger partial charge is 0.269 e. The first-order chi connectivity index (χ1) is 9.86. The number of carbonyl (C=O) groups excluding carboxylic acids is 1. The summed E-state index contributed by atoms with van der Waals surface area (Å²) in [6, 6.07) is 5.95. The molecule has 0 aliphatic rings. The Morgan fingerprint density at radius 2 is 2.14 bits per heavy atom. The zero-order valence-electron chi connectivity index (χ0n) is 12.0. The summed E-state index contributed by atoms with van der Waals surface area (Å²) in [4.78, 5) is 16.9. The molecule has 4 N–H and O–H groups in total. The van der Waals surface area contributed by atoms with Crippen LogP contribution in [0.1, 0.15) is 29.1 Å². The number of nitrogens with zero attached hydrogens (tertiary/aromatic N) is 1. The van der Waals surface area contributed by atoms with Gasteiger partial charge < -0.3 is 16.4 Å². The predicted molar refractivity (Wildman–Crippen MR) is 92.1 cm³/mol. The Hall–Kier alpha value is -1.60. The SMILES string of the molecule is Cc1ccc(Br)cc1NC(=O)c1sc(NC(C)C)nc1N. The number of thiazole rings is 1. The van der Waals surface area contributed by atoms with Crippen molar-refractivity contribution in [3.8, 4) is 0 Å². The van der Waals surface area contributed by atoms with Crippen molar-refractivity contribution < 1.29 is 4.79 Å². The molecule has 0 saturated carbocycles. The summed E-state index contributed by atoms with van der Waals surface area (Å²) in [5.74, 6) is -0.00342. The maximum atomic E-state index is 12.3. The zero-order chi connectivity index (χ0) is 15.6. The number of hydrogen-bond donors (Lipinski definition) is 3. The molecule has 1 heterocycles. The van der Waals surface area contributed by atoms with Crippen molar-refractivity contribution in [3.63, 3.8) is 0 Å². The van der Waals surface area contributed by atoms with Crippen molar-refractivity contribution in [3.05, 3.63) is 33.1 Å².